The number of hydrogen-bond acceptors (Lipinski definition) is 5. The van der Waals surface area contributed by atoms with E-state index in [9.17, 15) is 13.2 Å². The Bertz CT molecular complexity index is 597. The number of esters is 1. The molecular weight excluding hydrogens is 294 g/mol. The van der Waals surface area contributed by atoms with Gasteiger partial charge in [-0.15, -0.1) is 0 Å². The first-order valence-corrected chi connectivity index (χ1v) is 8.11. The van der Waals surface area contributed by atoms with E-state index in [4.69, 9.17) is 4.74 Å². The average Bonchev–Trinajstić information content (AvgIpc) is 2.44. The second-order valence-electron chi connectivity index (χ2n) is 4.72. The number of ether oxygens (including phenoxy) is 2. The average molecular weight is 315 g/mol. The van der Waals surface area contributed by atoms with Crippen molar-refractivity contribution in [3.05, 3.63) is 23.8 Å². The van der Waals surface area contributed by atoms with E-state index in [2.05, 4.69) is 9.46 Å². The third-order valence-electron chi connectivity index (χ3n) is 3.00. The second-order valence-corrected chi connectivity index (χ2v) is 6.44. The van der Waals surface area contributed by atoms with Crippen LogP contribution in [0.3, 0.4) is 0 Å². The SMILES string of the molecule is CC[C@@H](C)NS(=O)(=O)c1ccc(OCC(=O)OC)c(C)c1. The van der Waals surface area contributed by atoms with Gasteiger partial charge in [0.2, 0.25) is 10.0 Å². The molecule has 0 aliphatic carbocycles. The molecule has 0 bridgehead atoms. The molecule has 1 N–H and O–H groups in total. The fraction of sp³-hybridized carbons (Fsp3) is 0.500. The van der Waals surface area contributed by atoms with Crippen molar-refractivity contribution < 1.29 is 22.7 Å². The monoisotopic (exact) mass is 315 g/mol. The number of benzene rings is 1. The van der Waals surface area contributed by atoms with Gasteiger partial charge in [0.1, 0.15) is 5.75 Å². The molecule has 118 valence electrons. The minimum atomic E-state index is -3.54. The van der Waals surface area contributed by atoms with Gasteiger partial charge in [-0.05, 0) is 44.0 Å². The number of sulfonamides is 1. The number of rotatable bonds is 7. The molecule has 1 aromatic rings. The zero-order valence-corrected chi connectivity index (χ0v) is 13.5. The largest absolute Gasteiger partial charge is 0.482 e. The maximum Gasteiger partial charge on any atom is 0.343 e. The van der Waals surface area contributed by atoms with Crippen LogP contribution in [-0.4, -0.2) is 34.1 Å². The predicted octanol–water partition coefficient (Wildman–Crippen LogP) is 1.62. The summed E-state index contributed by atoms with van der Waals surface area (Å²) in [4.78, 5) is 11.2. The Morgan fingerprint density at radius 3 is 2.57 bits per heavy atom. The van der Waals surface area contributed by atoms with Crippen LogP contribution in [0.4, 0.5) is 0 Å². The van der Waals surface area contributed by atoms with E-state index in [1.807, 2.05) is 6.92 Å². The van der Waals surface area contributed by atoms with Crippen LogP contribution in [0.5, 0.6) is 5.75 Å². The van der Waals surface area contributed by atoms with Gasteiger partial charge in [-0.3, -0.25) is 0 Å². The first-order chi connectivity index (χ1) is 9.80. The summed E-state index contributed by atoms with van der Waals surface area (Å²) in [7, 11) is -2.27. The van der Waals surface area contributed by atoms with Gasteiger partial charge in [-0.25, -0.2) is 17.9 Å². The van der Waals surface area contributed by atoms with Gasteiger partial charge in [0.25, 0.3) is 0 Å². The fourth-order valence-electron chi connectivity index (χ4n) is 1.56. The lowest BCUT2D eigenvalue weighted by Gasteiger charge is -2.14. The molecule has 1 aromatic carbocycles. The highest BCUT2D eigenvalue weighted by Gasteiger charge is 2.17. The number of carbonyl (C=O) groups is 1. The molecule has 7 heteroatoms. The van der Waals surface area contributed by atoms with Crippen LogP contribution in [0.15, 0.2) is 23.1 Å². The molecule has 6 nitrogen and oxygen atoms in total. The van der Waals surface area contributed by atoms with Gasteiger partial charge in [0, 0.05) is 6.04 Å². The normalized spacial score (nSPS) is 12.8. The number of methoxy groups -OCH3 is 1. The van der Waals surface area contributed by atoms with Crippen molar-refractivity contribution in [3.8, 4) is 5.75 Å². The molecule has 1 rings (SSSR count). The highest BCUT2D eigenvalue weighted by molar-refractivity contribution is 7.89. The van der Waals surface area contributed by atoms with Crippen LogP contribution < -0.4 is 9.46 Å². The fourth-order valence-corrected chi connectivity index (χ4v) is 2.97. The van der Waals surface area contributed by atoms with Crippen LogP contribution >= 0.6 is 0 Å². The van der Waals surface area contributed by atoms with E-state index in [1.54, 1.807) is 13.8 Å². The molecule has 0 spiro atoms. The lowest BCUT2D eigenvalue weighted by molar-refractivity contribution is -0.142. The number of carbonyl (C=O) groups excluding carboxylic acids is 1. The molecule has 0 aliphatic heterocycles. The van der Waals surface area contributed by atoms with E-state index in [0.29, 0.717) is 17.7 Å². The molecule has 0 saturated heterocycles. The molecule has 0 amide bonds. The third-order valence-corrected chi connectivity index (χ3v) is 4.59. The number of aryl methyl sites for hydroxylation is 1. The zero-order valence-electron chi connectivity index (χ0n) is 12.7. The molecule has 0 aromatic heterocycles. The quantitative estimate of drug-likeness (QED) is 0.773. The summed E-state index contributed by atoms with van der Waals surface area (Å²) in [6, 6.07) is 4.36. The minimum absolute atomic E-state index is 0.134. The van der Waals surface area contributed by atoms with E-state index < -0.39 is 16.0 Å². The highest BCUT2D eigenvalue weighted by atomic mass is 32.2. The molecule has 0 fully saturated rings. The lowest BCUT2D eigenvalue weighted by Crippen LogP contribution is -2.32. The van der Waals surface area contributed by atoms with Crippen LogP contribution in [0.25, 0.3) is 0 Å². The Kier molecular flexibility index (Phi) is 6.17. The van der Waals surface area contributed by atoms with Crippen molar-refractivity contribution in [1.29, 1.82) is 0 Å². The van der Waals surface area contributed by atoms with Crippen molar-refractivity contribution in [2.24, 2.45) is 0 Å². The van der Waals surface area contributed by atoms with E-state index >= 15 is 0 Å². The van der Waals surface area contributed by atoms with Crippen molar-refractivity contribution in [2.75, 3.05) is 13.7 Å². The van der Waals surface area contributed by atoms with E-state index in [0.717, 1.165) is 0 Å². The summed E-state index contributed by atoms with van der Waals surface area (Å²) >= 11 is 0. The molecule has 0 unspecified atom stereocenters. The second kappa shape index (κ2) is 7.42. The van der Waals surface area contributed by atoms with Gasteiger partial charge in [-0.2, -0.15) is 0 Å². The highest BCUT2D eigenvalue weighted by Crippen LogP contribution is 2.22. The lowest BCUT2D eigenvalue weighted by atomic mass is 10.2. The van der Waals surface area contributed by atoms with Crippen molar-refractivity contribution >= 4 is 16.0 Å². The smallest absolute Gasteiger partial charge is 0.343 e. The molecular formula is C14H21NO5S. The summed E-state index contributed by atoms with van der Waals surface area (Å²) in [5, 5.41) is 0. The predicted molar refractivity (Wildman–Crippen MR) is 78.8 cm³/mol. The number of hydrogen-bond donors (Lipinski definition) is 1. The van der Waals surface area contributed by atoms with Gasteiger partial charge in [-0.1, -0.05) is 6.92 Å². The molecule has 0 saturated carbocycles. The molecule has 1 atom stereocenters. The molecule has 0 radical (unpaired) electrons. The molecule has 0 heterocycles. The van der Waals surface area contributed by atoms with Gasteiger partial charge in [0.05, 0.1) is 12.0 Å². The Morgan fingerprint density at radius 2 is 2.05 bits per heavy atom. The summed E-state index contributed by atoms with van der Waals surface area (Å²) in [5.74, 6) is -0.0487. The topological polar surface area (TPSA) is 81.7 Å². The summed E-state index contributed by atoms with van der Waals surface area (Å²) in [6.45, 7) is 5.21. The van der Waals surface area contributed by atoms with E-state index in [1.165, 1.54) is 25.3 Å². The van der Waals surface area contributed by atoms with Gasteiger partial charge >= 0.3 is 5.97 Å². The van der Waals surface area contributed by atoms with E-state index in [-0.39, 0.29) is 17.5 Å². The van der Waals surface area contributed by atoms with Crippen molar-refractivity contribution in [3.63, 3.8) is 0 Å². The Balaban J connectivity index is 2.89. The first kappa shape index (κ1) is 17.5. The maximum atomic E-state index is 12.2. The van der Waals surface area contributed by atoms with Gasteiger partial charge < -0.3 is 9.47 Å². The molecule has 0 aliphatic rings. The Morgan fingerprint density at radius 1 is 1.38 bits per heavy atom. The minimum Gasteiger partial charge on any atom is -0.482 e. The van der Waals surface area contributed by atoms with Crippen LogP contribution in [0.1, 0.15) is 25.8 Å². The van der Waals surface area contributed by atoms with Crippen LogP contribution in [-0.2, 0) is 19.6 Å². The first-order valence-electron chi connectivity index (χ1n) is 6.62. The summed E-state index contributed by atoms with van der Waals surface area (Å²) in [5.41, 5.74) is 0.630. The zero-order chi connectivity index (χ0) is 16.0. The van der Waals surface area contributed by atoms with Crippen LogP contribution in [0.2, 0.25) is 0 Å². The van der Waals surface area contributed by atoms with Gasteiger partial charge in [0.15, 0.2) is 6.61 Å². The summed E-state index contributed by atoms with van der Waals surface area (Å²) in [6.07, 6.45) is 0.707. The summed E-state index contributed by atoms with van der Waals surface area (Å²) < 4.78 is 36.6. The molecule has 21 heavy (non-hydrogen) atoms. The van der Waals surface area contributed by atoms with Crippen molar-refractivity contribution in [2.45, 2.75) is 38.1 Å². The standard InChI is InChI=1S/C14H21NO5S/c1-5-11(3)15-21(17,18)12-6-7-13(10(2)8-12)20-9-14(16)19-4/h6-8,11,15H,5,9H2,1-4H3/t11-/m1/s1. The Hall–Kier alpha value is -1.60. The van der Waals surface area contributed by atoms with Crippen LogP contribution in [0, 0.1) is 6.92 Å². The maximum absolute atomic E-state index is 12.2. The van der Waals surface area contributed by atoms with Crippen molar-refractivity contribution in [1.82, 2.24) is 4.72 Å². The Labute approximate surface area is 125 Å². The third kappa shape index (κ3) is 5.02. The number of nitrogens with one attached hydrogen (secondary N) is 1.